The number of rotatable bonds is 10. The van der Waals surface area contributed by atoms with E-state index in [9.17, 15) is 0 Å². The number of methoxy groups -OCH3 is 1. The van der Waals surface area contributed by atoms with Gasteiger partial charge in [0.1, 0.15) is 0 Å². The zero-order valence-electron chi connectivity index (χ0n) is 12.3. The molecule has 0 saturated carbocycles. The van der Waals surface area contributed by atoms with E-state index in [4.69, 9.17) is 26.9 Å². The summed E-state index contributed by atoms with van der Waals surface area (Å²) in [4.78, 5) is 2.08. The molecule has 3 N–H and O–H groups in total. The highest BCUT2D eigenvalue weighted by Gasteiger charge is 2.19. The summed E-state index contributed by atoms with van der Waals surface area (Å²) in [6.45, 7) is 3.08. The summed E-state index contributed by atoms with van der Waals surface area (Å²) in [6.07, 6.45) is 1.63. The fourth-order valence-electron chi connectivity index (χ4n) is 1.74. The molecular formula is C12H24ClN5O2. The molecule has 0 spiro atoms. The minimum absolute atomic E-state index is 0.205. The quantitative estimate of drug-likeness (QED) is 0.367. The Balaban J connectivity index is 2.67. The van der Waals surface area contributed by atoms with E-state index < -0.39 is 0 Å². The zero-order chi connectivity index (χ0) is 15.0. The number of nitrogens with zero attached hydrogens (tertiary/aromatic N) is 3. The molecule has 1 aromatic heterocycles. The number of ether oxygens (including phenoxy) is 2. The van der Waals surface area contributed by atoms with E-state index in [2.05, 4.69) is 15.4 Å². The van der Waals surface area contributed by atoms with Crippen molar-refractivity contribution in [3.63, 3.8) is 0 Å². The van der Waals surface area contributed by atoms with Crippen molar-refractivity contribution in [3.8, 4) is 0 Å². The van der Waals surface area contributed by atoms with Crippen LogP contribution in [0.2, 0.25) is 5.02 Å². The molecule has 8 heteroatoms. The van der Waals surface area contributed by atoms with Gasteiger partial charge in [0.05, 0.1) is 49.3 Å². The first-order chi connectivity index (χ1) is 9.60. The van der Waals surface area contributed by atoms with Gasteiger partial charge in [-0.15, -0.1) is 0 Å². The van der Waals surface area contributed by atoms with E-state index in [-0.39, 0.29) is 6.04 Å². The molecule has 1 aromatic rings. The minimum atomic E-state index is -0.205. The van der Waals surface area contributed by atoms with Gasteiger partial charge >= 0.3 is 0 Å². The molecular weight excluding hydrogens is 282 g/mol. The van der Waals surface area contributed by atoms with Gasteiger partial charge in [0.2, 0.25) is 0 Å². The van der Waals surface area contributed by atoms with Crippen LogP contribution in [0, 0.1) is 0 Å². The van der Waals surface area contributed by atoms with Gasteiger partial charge in [0.25, 0.3) is 0 Å². The van der Waals surface area contributed by atoms with Crippen molar-refractivity contribution >= 4 is 11.6 Å². The molecule has 116 valence electrons. The van der Waals surface area contributed by atoms with Crippen LogP contribution in [0.25, 0.3) is 0 Å². The first-order valence-electron chi connectivity index (χ1n) is 6.48. The van der Waals surface area contributed by atoms with Gasteiger partial charge in [-0.05, 0) is 14.1 Å². The van der Waals surface area contributed by atoms with Crippen LogP contribution >= 0.6 is 11.6 Å². The second-order valence-electron chi connectivity index (χ2n) is 4.69. The van der Waals surface area contributed by atoms with E-state index >= 15 is 0 Å². The van der Waals surface area contributed by atoms with Gasteiger partial charge in [0.15, 0.2) is 0 Å². The summed E-state index contributed by atoms with van der Waals surface area (Å²) < 4.78 is 12.3. The Kier molecular flexibility index (Phi) is 8.05. The molecule has 1 rings (SSSR count). The van der Waals surface area contributed by atoms with Crippen LogP contribution in [-0.2, 0) is 16.0 Å². The normalized spacial score (nSPS) is 13.1. The number of hydrogen-bond donors (Lipinski definition) is 2. The maximum atomic E-state index is 6.20. The average Bonchev–Trinajstić information content (AvgIpc) is 2.78. The predicted molar refractivity (Wildman–Crippen MR) is 78.6 cm³/mol. The lowest BCUT2D eigenvalue weighted by Gasteiger charge is -2.19. The van der Waals surface area contributed by atoms with Crippen molar-refractivity contribution in [2.75, 3.05) is 47.6 Å². The van der Waals surface area contributed by atoms with Crippen molar-refractivity contribution in [1.29, 1.82) is 0 Å². The smallest absolute Gasteiger partial charge is 0.0877 e. The largest absolute Gasteiger partial charge is 0.382 e. The van der Waals surface area contributed by atoms with Crippen LogP contribution < -0.4 is 11.3 Å². The third-order valence-corrected chi connectivity index (χ3v) is 3.13. The molecule has 0 saturated heterocycles. The van der Waals surface area contributed by atoms with Crippen LogP contribution in [0.1, 0.15) is 11.7 Å². The lowest BCUT2D eigenvalue weighted by molar-refractivity contribution is 0.0573. The fraction of sp³-hybridized carbons (Fsp3) is 0.750. The van der Waals surface area contributed by atoms with Crippen LogP contribution in [-0.4, -0.2) is 62.3 Å². The number of nitrogens with two attached hydrogens (primary N) is 1. The minimum Gasteiger partial charge on any atom is -0.382 e. The zero-order valence-corrected chi connectivity index (χ0v) is 13.1. The monoisotopic (exact) mass is 305 g/mol. The lowest BCUT2D eigenvalue weighted by Crippen LogP contribution is -2.34. The van der Waals surface area contributed by atoms with Gasteiger partial charge in [0, 0.05) is 13.7 Å². The molecule has 7 nitrogen and oxygen atoms in total. The molecule has 0 fully saturated rings. The second-order valence-corrected chi connectivity index (χ2v) is 5.10. The van der Waals surface area contributed by atoms with Crippen molar-refractivity contribution in [3.05, 3.63) is 16.9 Å². The maximum Gasteiger partial charge on any atom is 0.0877 e. The molecule has 20 heavy (non-hydrogen) atoms. The predicted octanol–water partition coefficient (Wildman–Crippen LogP) is 0.266. The Labute approximate surface area is 124 Å². The third-order valence-electron chi connectivity index (χ3n) is 2.84. The number of nitrogens with one attached hydrogen (secondary N) is 1. The van der Waals surface area contributed by atoms with Crippen molar-refractivity contribution < 1.29 is 9.47 Å². The Morgan fingerprint density at radius 1 is 1.50 bits per heavy atom. The van der Waals surface area contributed by atoms with Crippen molar-refractivity contribution in [2.45, 2.75) is 12.6 Å². The molecule has 0 amide bonds. The lowest BCUT2D eigenvalue weighted by atomic mass is 10.2. The van der Waals surface area contributed by atoms with Gasteiger partial charge in [-0.3, -0.25) is 10.5 Å². The number of halogens is 1. The highest BCUT2D eigenvalue weighted by molar-refractivity contribution is 6.31. The molecule has 1 atom stereocenters. The highest BCUT2D eigenvalue weighted by Crippen LogP contribution is 2.22. The van der Waals surface area contributed by atoms with E-state index in [0.29, 0.717) is 24.8 Å². The molecule has 1 heterocycles. The van der Waals surface area contributed by atoms with Gasteiger partial charge in [-0.1, -0.05) is 11.6 Å². The second kappa shape index (κ2) is 9.28. The maximum absolute atomic E-state index is 6.20. The summed E-state index contributed by atoms with van der Waals surface area (Å²) in [6, 6.07) is -0.205. The highest BCUT2D eigenvalue weighted by atomic mass is 35.5. The molecule has 0 radical (unpaired) electrons. The Morgan fingerprint density at radius 3 is 2.85 bits per heavy atom. The van der Waals surface area contributed by atoms with Crippen LogP contribution in [0.5, 0.6) is 0 Å². The fourth-order valence-corrected chi connectivity index (χ4v) is 2.01. The standard InChI is InChI=1S/C12H24ClN5O2/c1-17(2)4-5-18-12(10(13)8-15-18)11(16-14)9-20-7-6-19-3/h8,11,16H,4-7,9,14H2,1-3H3. The van der Waals surface area contributed by atoms with Crippen LogP contribution in [0.4, 0.5) is 0 Å². The third kappa shape index (κ3) is 5.35. The topological polar surface area (TPSA) is 77.6 Å². The SMILES string of the molecule is COCCOCC(NN)c1c(Cl)cnn1CCN(C)C. The van der Waals surface area contributed by atoms with E-state index in [1.165, 1.54) is 0 Å². The van der Waals surface area contributed by atoms with Gasteiger partial charge in [-0.25, -0.2) is 5.43 Å². The number of aromatic nitrogens is 2. The molecule has 0 aromatic carbocycles. The van der Waals surface area contributed by atoms with E-state index in [0.717, 1.165) is 18.8 Å². The summed E-state index contributed by atoms with van der Waals surface area (Å²) in [7, 11) is 5.66. The Morgan fingerprint density at radius 2 is 2.25 bits per heavy atom. The van der Waals surface area contributed by atoms with E-state index in [1.54, 1.807) is 13.3 Å². The summed E-state index contributed by atoms with van der Waals surface area (Å²) >= 11 is 6.20. The summed E-state index contributed by atoms with van der Waals surface area (Å²) in [5, 5.41) is 4.87. The number of hydrazine groups is 1. The number of hydrogen-bond acceptors (Lipinski definition) is 6. The average molecular weight is 306 g/mol. The Hall–Kier alpha value is -0.700. The van der Waals surface area contributed by atoms with Crippen molar-refractivity contribution in [1.82, 2.24) is 20.1 Å². The summed E-state index contributed by atoms with van der Waals surface area (Å²) in [5.74, 6) is 5.60. The number of likely N-dealkylation sites (N-methyl/N-ethyl adjacent to an activating group) is 1. The molecule has 0 aliphatic carbocycles. The van der Waals surface area contributed by atoms with Crippen LogP contribution in [0.15, 0.2) is 6.20 Å². The van der Waals surface area contributed by atoms with Crippen LogP contribution in [0.3, 0.4) is 0 Å². The molecule has 0 bridgehead atoms. The van der Waals surface area contributed by atoms with Gasteiger partial charge in [-0.2, -0.15) is 5.10 Å². The molecule has 1 unspecified atom stereocenters. The van der Waals surface area contributed by atoms with Crippen molar-refractivity contribution in [2.24, 2.45) is 5.84 Å². The molecule has 0 aliphatic heterocycles. The Bertz CT molecular complexity index is 386. The first kappa shape index (κ1) is 17.4. The van der Waals surface area contributed by atoms with E-state index in [1.807, 2.05) is 18.8 Å². The first-order valence-corrected chi connectivity index (χ1v) is 6.86. The molecule has 0 aliphatic rings. The van der Waals surface area contributed by atoms with Gasteiger partial charge < -0.3 is 14.4 Å². The summed E-state index contributed by atoms with van der Waals surface area (Å²) in [5.41, 5.74) is 3.57.